The van der Waals surface area contributed by atoms with Gasteiger partial charge in [0, 0.05) is 16.7 Å². The summed E-state index contributed by atoms with van der Waals surface area (Å²) in [6.07, 6.45) is 0. The number of halogens is 26. The fourth-order valence-electron chi connectivity index (χ4n) is 5.27. The zero-order chi connectivity index (χ0) is 36.6. The van der Waals surface area contributed by atoms with E-state index in [1.807, 2.05) is 0 Å². The van der Waals surface area contributed by atoms with Crippen molar-refractivity contribution in [3.05, 3.63) is 43.2 Å². The number of hydrogen-bond donors (Lipinski definition) is 0. The molecule has 0 radical (unpaired) electrons. The highest BCUT2D eigenvalue weighted by Gasteiger charge is 2.96. The van der Waals surface area contributed by atoms with Gasteiger partial charge >= 0.3 is 65.1 Å². The fraction of sp³-hybridized carbons (Fsp3) is 0.600. The first-order valence-electron chi connectivity index (χ1n) is 10.7. The lowest BCUT2D eigenvalue weighted by Crippen LogP contribution is -2.60. The summed E-state index contributed by atoms with van der Waals surface area (Å²) in [6, 6.07) is 0. The van der Waals surface area contributed by atoms with E-state index in [0.29, 0.717) is 0 Å². The van der Waals surface area contributed by atoms with Crippen LogP contribution in [-0.2, 0) is 0 Å². The van der Waals surface area contributed by atoms with Gasteiger partial charge in [0.15, 0.2) is 5.83 Å². The molecule has 26 heteroatoms. The van der Waals surface area contributed by atoms with E-state index >= 15 is 30.7 Å². The molecular weight excluding hydrogens is 784 g/mol. The third kappa shape index (κ3) is 3.18. The summed E-state index contributed by atoms with van der Waals surface area (Å²) < 4.78 is 338. The molecule has 0 atom stereocenters. The van der Waals surface area contributed by atoms with Gasteiger partial charge in [-0.1, -0.05) is 34.8 Å². The third-order valence-corrected chi connectivity index (χ3v) is 8.81. The molecule has 0 amide bonds. The molecule has 46 heavy (non-hydrogen) atoms. The van der Waals surface area contributed by atoms with Crippen LogP contribution in [0.15, 0.2) is 43.2 Å². The molecule has 0 saturated carbocycles. The number of alkyl halides is 22. The molecule has 0 heterocycles. The lowest BCUT2D eigenvalue weighted by atomic mass is 9.61. The normalized spacial score (nSPS) is 33.0. The van der Waals surface area contributed by atoms with Crippen LogP contribution in [0.4, 0.5) is 101 Å². The summed E-state index contributed by atoms with van der Waals surface area (Å²) in [4.78, 5) is 0. The van der Waals surface area contributed by atoms with E-state index in [1.54, 1.807) is 0 Å². The van der Waals surface area contributed by atoms with Crippen LogP contribution in [-0.4, -0.2) is 65.1 Å². The standard InChI is InChI=1S/C20Cl3F23/c21-5-1(10(25,26)18(41,42)13(5,31)32)2-8(24)16(37,38)17(39,40)9(2,3-6(22)14(33,34)19(43,44)11(3,27)28)4-7(23)15(35,36)20(45,46)12(4,29)30. The third-order valence-electron chi connectivity index (χ3n) is 7.53. The van der Waals surface area contributed by atoms with Gasteiger partial charge in [0.05, 0.1) is 5.57 Å². The van der Waals surface area contributed by atoms with Crippen molar-refractivity contribution in [1.29, 1.82) is 0 Å². The fourth-order valence-corrected chi connectivity index (χ4v) is 6.36. The van der Waals surface area contributed by atoms with E-state index in [2.05, 4.69) is 34.8 Å². The number of hydrogen-bond acceptors (Lipinski definition) is 0. The summed E-state index contributed by atoms with van der Waals surface area (Å²) >= 11 is 13.7. The molecule has 0 aromatic heterocycles. The van der Waals surface area contributed by atoms with Gasteiger partial charge < -0.3 is 0 Å². The highest BCUT2D eigenvalue weighted by atomic mass is 35.5. The maximum absolute atomic E-state index is 15.8. The Kier molecular flexibility index (Phi) is 6.99. The quantitative estimate of drug-likeness (QED) is 0.250. The Labute approximate surface area is 250 Å². The average molecular weight is 784 g/mol. The maximum Gasteiger partial charge on any atom is 0.381 e. The summed E-state index contributed by atoms with van der Waals surface area (Å²) in [5.41, 5.74) is -26.8. The molecule has 0 N–H and O–H groups in total. The van der Waals surface area contributed by atoms with Crippen molar-refractivity contribution in [2.24, 2.45) is 5.41 Å². The van der Waals surface area contributed by atoms with Gasteiger partial charge in [-0.3, -0.25) is 0 Å². The van der Waals surface area contributed by atoms with Crippen LogP contribution in [0.1, 0.15) is 0 Å². The highest BCUT2D eigenvalue weighted by molar-refractivity contribution is 6.33. The van der Waals surface area contributed by atoms with Crippen LogP contribution in [0.5, 0.6) is 0 Å². The molecule has 4 aliphatic carbocycles. The topological polar surface area (TPSA) is 0 Å². The van der Waals surface area contributed by atoms with Crippen molar-refractivity contribution < 1.29 is 101 Å². The van der Waals surface area contributed by atoms with E-state index < -0.39 is 114 Å². The second kappa shape index (κ2) is 8.68. The van der Waals surface area contributed by atoms with Crippen LogP contribution in [0.2, 0.25) is 0 Å². The Morgan fingerprint density at radius 1 is 0.304 bits per heavy atom. The Morgan fingerprint density at radius 2 is 0.587 bits per heavy atom. The molecule has 0 spiro atoms. The van der Waals surface area contributed by atoms with Gasteiger partial charge in [0.25, 0.3) is 0 Å². The van der Waals surface area contributed by atoms with Crippen molar-refractivity contribution in [2.75, 3.05) is 0 Å². The molecule has 262 valence electrons. The van der Waals surface area contributed by atoms with Crippen LogP contribution in [0.25, 0.3) is 0 Å². The minimum absolute atomic E-state index is 3.99. The highest BCUT2D eigenvalue weighted by Crippen LogP contribution is 2.81. The van der Waals surface area contributed by atoms with Crippen molar-refractivity contribution in [2.45, 2.75) is 65.1 Å². The molecule has 0 unspecified atom stereocenters. The Hall–Kier alpha value is -1.78. The Balaban J connectivity index is 2.50. The van der Waals surface area contributed by atoms with Gasteiger partial charge in [-0.25, -0.2) is 4.39 Å². The molecule has 0 nitrogen and oxygen atoms in total. The summed E-state index contributed by atoms with van der Waals surface area (Å²) in [7, 11) is 0. The smallest absolute Gasteiger partial charge is 0.205 e. The first kappa shape index (κ1) is 37.0. The first-order chi connectivity index (χ1) is 19.9. The molecule has 0 bridgehead atoms. The van der Waals surface area contributed by atoms with Gasteiger partial charge in [-0.15, -0.1) is 0 Å². The molecule has 0 aromatic carbocycles. The number of rotatable bonds is 3. The second-order valence-electron chi connectivity index (χ2n) is 9.82. The molecular formula is C20Cl3F23. The molecule has 0 saturated heterocycles. The molecule has 0 fully saturated rings. The molecule has 4 aliphatic rings. The Bertz CT molecular complexity index is 1510. The Morgan fingerprint density at radius 3 is 0.826 bits per heavy atom. The minimum Gasteiger partial charge on any atom is -0.205 e. The monoisotopic (exact) mass is 782 g/mol. The molecule has 0 aromatic rings. The van der Waals surface area contributed by atoms with Gasteiger partial charge in [-0.05, 0) is 0 Å². The van der Waals surface area contributed by atoms with E-state index in [1.165, 1.54) is 0 Å². The van der Waals surface area contributed by atoms with Crippen molar-refractivity contribution in [1.82, 2.24) is 0 Å². The molecule has 0 aliphatic heterocycles. The zero-order valence-electron chi connectivity index (χ0n) is 19.8. The van der Waals surface area contributed by atoms with E-state index in [4.69, 9.17) is 0 Å². The van der Waals surface area contributed by atoms with Gasteiger partial charge in [-0.2, -0.15) is 96.6 Å². The van der Waals surface area contributed by atoms with Crippen LogP contribution in [0, 0.1) is 5.41 Å². The predicted molar refractivity (Wildman–Crippen MR) is 104 cm³/mol. The van der Waals surface area contributed by atoms with E-state index in [-0.39, 0.29) is 0 Å². The van der Waals surface area contributed by atoms with Crippen LogP contribution >= 0.6 is 34.8 Å². The van der Waals surface area contributed by atoms with Crippen molar-refractivity contribution in [3.8, 4) is 0 Å². The predicted octanol–water partition coefficient (Wildman–Crippen LogP) is 10.7. The molecule has 4 rings (SSSR count). The second-order valence-corrected chi connectivity index (χ2v) is 11.0. The van der Waals surface area contributed by atoms with Crippen LogP contribution in [0.3, 0.4) is 0 Å². The summed E-state index contributed by atoms with van der Waals surface area (Å²) in [5, 5.41) is -12.5. The van der Waals surface area contributed by atoms with E-state index in [9.17, 15) is 70.2 Å². The zero-order valence-corrected chi connectivity index (χ0v) is 22.1. The maximum atomic E-state index is 15.8. The first-order valence-corrected chi connectivity index (χ1v) is 11.8. The largest absolute Gasteiger partial charge is 0.381 e. The minimum atomic E-state index is -8.14. The SMILES string of the molecule is FC1=C(C2=C(Cl)C(F)(F)C(F)(F)C2(F)F)C(C2=C(Cl)C(F)(F)C(F)(F)C2(F)F)(C2=C(Cl)C(F)(F)C(F)(F)C2(F)F)C(F)(F)C1(F)F. The summed E-state index contributed by atoms with van der Waals surface area (Å²) in [6.45, 7) is 0. The van der Waals surface area contributed by atoms with E-state index in [0.717, 1.165) is 0 Å². The average Bonchev–Trinajstić information content (AvgIpc) is 3.13. The number of allylic oxidation sites excluding steroid dienone is 8. The lowest BCUT2D eigenvalue weighted by Gasteiger charge is -2.45. The summed E-state index contributed by atoms with van der Waals surface area (Å²) in [5.74, 6) is -87.6. The van der Waals surface area contributed by atoms with Crippen LogP contribution < -0.4 is 0 Å². The van der Waals surface area contributed by atoms with Crippen molar-refractivity contribution >= 4 is 34.8 Å². The lowest BCUT2D eigenvalue weighted by molar-refractivity contribution is -0.281. The van der Waals surface area contributed by atoms with Gasteiger partial charge in [0.2, 0.25) is 0 Å². The van der Waals surface area contributed by atoms with Crippen molar-refractivity contribution in [3.63, 3.8) is 0 Å². The van der Waals surface area contributed by atoms with Gasteiger partial charge in [0.1, 0.15) is 20.5 Å².